The molecule has 8 nitrogen and oxygen atoms in total. The van der Waals surface area contributed by atoms with Crippen molar-refractivity contribution in [2.24, 2.45) is 0 Å². The number of carbonyl (C=O) groups excluding carboxylic acids is 3. The van der Waals surface area contributed by atoms with Gasteiger partial charge in [0.2, 0.25) is 5.91 Å². The highest BCUT2D eigenvalue weighted by atomic mass is 32.2. The first-order chi connectivity index (χ1) is 14.8. The predicted octanol–water partition coefficient (Wildman–Crippen LogP) is 3.18. The summed E-state index contributed by atoms with van der Waals surface area (Å²) in [6, 6.07) is 15.2. The summed E-state index contributed by atoms with van der Waals surface area (Å²) in [7, 11) is 0. The molecule has 1 aliphatic rings. The number of aryl methyl sites for hydroxylation is 1. The van der Waals surface area contributed by atoms with E-state index in [2.05, 4.69) is 21.8 Å². The molecular weight excluding hydrogens is 414 g/mol. The van der Waals surface area contributed by atoms with E-state index >= 15 is 0 Å². The van der Waals surface area contributed by atoms with Crippen molar-refractivity contribution in [3.63, 3.8) is 0 Å². The quantitative estimate of drug-likeness (QED) is 0.456. The first-order valence-corrected chi connectivity index (χ1v) is 10.9. The number of carbonyl (C=O) groups is 3. The third kappa shape index (κ3) is 3.88. The van der Waals surface area contributed by atoms with Crippen LogP contribution in [0.3, 0.4) is 0 Å². The number of thioether (sulfide) groups is 1. The summed E-state index contributed by atoms with van der Waals surface area (Å²) in [6.45, 7) is 5.46. The van der Waals surface area contributed by atoms with E-state index in [9.17, 15) is 14.4 Å². The van der Waals surface area contributed by atoms with Crippen molar-refractivity contribution in [2.45, 2.75) is 37.9 Å². The van der Waals surface area contributed by atoms with Crippen LogP contribution < -0.4 is 10.7 Å². The number of benzene rings is 2. The number of nitrogens with zero attached hydrogens (tertiary/aromatic N) is 3. The number of imide groups is 1. The molecule has 1 atom stereocenters. The number of nitrogens with one attached hydrogen (secondary N) is 2. The Morgan fingerprint density at radius 1 is 1.19 bits per heavy atom. The van der Waals surface area contributed by atoms with Gasteiger partial charge in [0.1, 0.15) is 5.54 Å². The Labute approximate surface area is 184 Å². The third-order valence-corrected chi connectivity index (χ3v) is 6.27. The van der Waals surface area contributed by atoms with Crippen molar-refractivity contribution < 1.29 is 14.4 Å². The van der Waals surface area contributed by atoms with Crippen LogP contribution in [0, 0.1) is 6.92 Å². The minimum Gasteiger partial charge on any atom is -0.322 e. The SMILES string of the molecule is CC[C@]1(C)NC(=O)N(NC(=O)CSc2nc3ccccc3n2-c2cccc(C)c2)C1=O. The van der Waals surface area contributed by atoms with Crippen LogP contribution >= 0.6 is 11.8 Å². The molecule has 2 heterocycles. The molecule has 0 unspecified atom stereocenters. The van der Waals surface area contributed by atoms with Crippen LogP contribution in [-0.4, -0.2) is 43.7 Å². The molecule has 0 aliphatic carbocycles. The highest BCUT2D eigenvalue weighted by Gasteiger charge is 2.47. The van der Waals surface area contributed by atoms with E-state index in [1.807, 2.05) is 54.0 Å². The number of fused-ring (bicyclic) bond motifs is 1. The molecule has 1 aromatic heterocycles. The van der Waals surface area contributed by atoms with Gasteiger partial charge in [-0.25, -0.2) is 9.78 Å². The Morgan fingerprint density at radius 3 is 2.68 bits per heavy atom. The van der Waals surface area contributed by atoms with Crippen LogP contribution in [0.1, 0.15) is 25.8 Å². The Kier molecular flexibility index (Phi) is 5.45. The number of hydrogen-bond donors (Lipinski definition) is 2. The first kappa shape index (κ1) is 20.9. The summed E-state index contributed by atoms with van der Waals surface area (Å²) in [5, 5.41) is 4.02. The number of urea groups is 1. The van der Waals surface area contributed by atoms with Crippen LogP contribution in [0.25, 0.3) is 16.7 Å². The van der Waals surface area contributed by atoms with E-state index in [0.717, 1.165) is 27.3 Å². The van der Waals surface area contributed by atoms with Crippen LogP contribution in [0.4, 0.5) is 4.79 Å². The molecule has 2 N–H and O–H groups in total. The van der Waals surface area contributed by atoms with E-state index in [-0.39, 0.29) is 5.75 Å². The normalized spacial score (nSPS) is 18.5. The molecule has 0 radical (unpaired) electrons. The highest BCUT2D eigenvalue weighted by Crippen LogP contribution is 2.28. The Bertz CT molecular complexity index is 1190. The van der Waals surface area contributed by atoms with E-state index in [0.29, 0.717) is 11.6 Å². The number of amides is 4. The average Bonchev–Trinajstić information content (AvgIpc) is 3.22. The van der Waals surface area contributed by atoms with Gasteiger partial charge in [-0.1, -0.05) is 43.0 Å². The topological polar surface area (TPSA) is 96.3 Å². The average molecular weight is 438 g/mol. The Hall–Kier alpha value is -3.33. The fourth-order valence-corrected chi connectivity index (χ4v) is 4.25. The zero-order chi connectivity index (χ0) is 22.2. The number of hydrogen-bond acceptors (Lipinski definition) is 5. The second-order valence-corrected chi connectivity index (χ2v) is 8.58. The lowest BCUT2D eigenvalue weighted by atomic mass is 10.00. The molecule has 0 saturated carbocycles. The van der Waals surface area contributed by atoms with E-state index in [4.69, 9.17) is 0 Å². The summed E-state index contributed by atoms with van der Waals surface area (Å²) >= 11 is 1.24. The summed E-state index contributed by atoms with van der Waals surface area (Å²) in [5.41, 5.74) is 5.23. The molecule has 2 aromatic carbocycles. The maximum Gasteiger partial charge on any atom is 0.344 e. The third-order valence-electron chi connectivity index (χ3n) is 5.33. The van der Waals surface area contributed by atoms with Gasteiger partial charge in [0.15, 0.2) is 5.16 Å². The number of aromatic nitrogens is 2. The van der Waals surface area contributed by atoms with Gasteiger partial charge in [0, 0.05) is 5.69 Å². The number of rotatable bonds is 6. The minimum atomic E-state index is -1.00. The number of para-hydroxylation sites is 2. The molecule has 4 amide bonds. The molecular formula is C22H23N5O3S. The smallest absolute Gasteiger partial charge is 0.322 e. The van der Waals surface area contributed by atoms with Crippen molar-refractivity contribution in [3.05, 3.63) is 54.1 Å². The van der Waals surface area contributed by atoms with Gasteiger partial charge in [0.05, 0.1) is 16.8 Å². The van der Waals surface area contributed by atoms with E-state index in [1.165, 1.54) is 11.8 Å². The van der Waals surface area contributed by atoms with Crippen molar-refractivity contribution in [3.8, 4) is 5.69 Å². The zero-order valence-corrected chi connectivity index (χ0v) is 18.3. The van der Waals surface area contributed by atoms with Gasteiger partial charge in [-0.2, -0.15) is 5.01 Å². The molecule has 160 valence electrons. The van der Waals surface area contributed by atoms with Gasteiger partial charge < -0.3 is 5.32 Å². The Balaban J connectivity index is 1.55. The lowest BCUT2D eigenvalue weighted by Gasteiger charge is -2.19. The molecule has 1 fully saturated rings. The summed E-state index contributed by atoms with van der Waals surface area (Å²) in [4.78, 5) is 41.8. The fourth-order valence-electron chi connectivity index (χ4n) is 3.43. The maximum atomic E-state index is 12.5. The van der Waals surface area contributed by atoms with E-state index < -0.39 is 23.4 Å². The van der Waals surface area contributed by atoms with Crippen LogP contribution in [0.15, 0.2) is 53.7 Å². The first-order valence-electron chi connectivity index (χ1n) is 9.96. The van der Waals surface area contributed by atoms with Crippen LogP contribution in [-0.2, 0) is 9.59 Å². The van der Waals surface area contributed by atoms with Crippen molar-refractivity contribution in [2.75, 3.05) is 5.75 Å². The van der Waals surface area contributed by atoms with Gasteiger partial charge in [-0.05, 0) is 50.1 Å². The summed E-state index contributed by atoms with van der Waals surface area (Å²) < 4.78 is 2.00. The Morgan fingerprint density at radius 2 is 1.97 bits per heavy atom. The second-order valence-electron chi connectivity index (χ2n) is 7.64. The molecule has 3 aromatic rings. The largest absolute Gasteiger partial charge is 0.344 e. The molecule has 31 heavy (non-hydrogen) atoms. The molecule has 1 aliphatic heterocycles. The lowest BCUT2D eigenvalue weighted by Crippen LogP contribution is -2.49. The molecule has 4 rings (SSSR count). The fraction of sp³-hybridized carbons (Fsp3) is 0.273. The zero-order valence-electron chi connectivity index (χ0n) is 17.5. The molecule has 0 spiro atoms. The van der Waals surface area contributed by atoms with Crippen molar-refractivity contribution >= 4 is 40.6 Å². The summed E-state index contributed by atoms with van der Waals surface area (Å²) in [5.74, 6) is -0.934. The monoisotopic (exact) mass is 437 g/mol. The van der Waals surface area contributed by atoms with Gasteiger partial charge >= 0.3 is 6.03 Å². The van der Waals surface area contributed by atoms with Crippen LogP contribution in [0.2, 0.25) is 0 Å². The van der Waals surface area contributed by atoms with Crippen molar-refractivity contribution in [1.82, 2.24) is 25.3 Å². The predicted molar refractivity (Wildman–Crippen MR) is 119 cm³/mol. The highest BCUT2D eigenvalue weighted by molar-refractivity contribution is 7.99. The van der Waals surface area contributed by atoms with Crippen LogP contribution in [0.5, 0.6) is 0 Å². The summed E-state index contributed by atoms with van der Waals surface area (Å²) in [6.07, 6.45) is 0.430. The van der Waals surface area contributed by atoms with Crippen molar-refractivity contribution in [1.29, 1.82) is 0 Å². The number of hydrazine groups is 1. The molecule has 0 bridgehead atoms. The molecule has 1 saturated heterocycles. The van der Waals surface area contributed by atoms with Gasteiger partial charge in [-0.3, -0.25) is 19.6 Å². The van der Waals surface area contributed by atoms with Gasteiger partial charge in [-0.15, -0.1) is 0 Å². The maximum absolute atomic E-state index is 12.5. The minimum absolute atomic E-state index is 0.00492. The van der Waals surface area contributed by atoms with Gasteiger partial charge in [0.25, 0.3) is 5.91 Å². The number of imidazole rings is 1. The molecule has 9 heteroatoms. The lowest BCUT2D eigenvalue weighted by molar-refractivity contribution is -0.137. The second kappa shape index (κ2) is 8.07. The standard InChI is InChI=1S/C22H23N5O3S/c1-4-22(3)19(29)27(20(30)24-22)25-18(28)13-31-21-23-16-10-5-6-11-17(16)26(21)15-9-7-8-14(2)12-15/h5-12H,4,13H2,1-3H3,(H,24,30)(H,25,28)/t22-/m0/s1. The van der Waals surface area contributed by atoms with E-state index in [1.54, 1.807) is 13.8 Å².